The molecule has 1 unspecified atom stereocenters. The second-order valence-corrected chi connectivity index (χ2v) is 3.01. The molecule has 0 radical (unpaired) electrons. The predicted molar refractivity (Wildman–Crippen MR) is 50.7 cm³/mol. The van der Waals surface area contributed by atoms with Crippen molar-refractivity contribution in [3.63, 3.8) is 0 Å². The standard InChI is InChI=1S/C10H10FNO3/c11-8-3-1-7(2-4-8)5-9(10(14)15)12-6-13/h1-4,6,9H,5H2,(H,12,13)(H,14,15). The maximum Gasteiger partial charge on any atom is 0.326 e. The zero-order chi connectivity index (χ0) is 11.3. The lowest BCUT2D eigenvalue weighted by Crippen LogP contribution is -2.37. The molecular formula is C10H10FNO3. The molecule has 0 fully saturated rings. The third kappa shape index (κ3) is 3.38. The number of carbonyl (C=O) groups is 2. The second kappa shape index (κ2) is 5.09. The molecule has 0 saturated heterocycles. The molecule has 0 bridgehead atoms. The quantitative estimate of drug-likeness (QED) is 0.699. The van der Waals surface area contributed by atoms with Gasteiger partial charge < -0.3 is 10.4 Å². The van der Waals surface area contributed by atoms with E-state index < -0.39 is 12.0 Å². The Morgan fingerprint density at radius 2 is 2.07 bits per heavy atom. The third-order valence-corrected chi connectivity index (χ3v) is 1.92. The first-order valence-corrected chi connectivity index (χ1v) is 4.30. The van der Waals surface area contributed by atoms with Crippen LogP contribution in [0.15, 0.2) is 24.3 Å². The molecule has 1 atom stereocenters. The Hall–Kier alpha value is -1.91. The summed E-state index contributed by atoms with van der Waals surface area (Å²) in [4.78, 5) is 20.8. The summed E-state index contributed by atoms with van der Waals surface area (Å²) < 4.78 is 12.5. The van der Waals surface area contributed by atoms with Gasteiger partial charge in [0.25, 0.3) is 0 Å². The van der Waals surface area contributed by atoms with Crippen LogP contribution in [0.5, 0.6) is 0 Å². The molecular weight excluding hydrogens is 201 g/mol. The highest BCUT2D eigenvalue weighted by atomic mass is 19.1. The fraction of sp³-hybridized carbons (Fsp3) is 0.200. The number of amides is 1. The molecule has 1 aromatic carbocycles. The molecule has 0 spiro atoms. The van der Waals surface area contributed by atoms with Crippen LogP contribution < -0.4 is 5.32 Å². The Bertz CT molecular complexity index is 350. The van der Waals surface area contributed by atoms with Crippen LogP contribution in [0, 0.1) is 5.82 Å². The number of carboxylic acids is 1. The van der Waals surface area contributed by atoms with Gasteiger partial charge in [0.15, 0.2) is 0 Å². The van der Waals surface area contributed by atoms with Crippen LogP contribution in [-0.2, 0) is 16.0 Å². The summed E-state index contributed by atoms with van der Waals surface area (Å²) in [5.41, 5.74) is 0.651. The summed E-state index contributed by atoms with van der Waals surface area (Å²) in [6.45, 7) is 0. The van der Waals surface area contributed by atoms with Crippen molar-refractivity contribution >= 4 is 12.4 Å². The second-order valence-electron chi connectivity index (χ2n) is 3.01. The van der Waals surface area contributed by atoms with E-state index >= 15 is 0 Å². The van der Waals surface area contributed by atoms with Gasteiger partial charge in [0, 0.05) is 6.42 Å². The molecule has 0 heterocycles. The molecule has 5 heteroatoms. The maximum absolute atomic E-state index is 12.5. The van der Waals surface area contributed by atoms with Crippen molar-refractivity contribution in [2.24, 2.45) is 0 Å². The van der Waals surface area contributed by atoms with Crippen LogP contribution in [-0.4, -0.2) is 23.5 Å². The van der Waals surface area contributed by atoms with Gasteiger partial charge >= 0.3 is 5.97 Å². The summed E-state index contributed by atoms with van der Waals surface area (Å²) in [5, 5.41) is 10.9. The first-order chi connectivity index (χ1) is 7.13. The Morgan fingerprint density at radius 1 is 1.47 bits per heavy atom. The van der Waals surface area contributed by atoms with Gasteiger partial charge in [-0.25, -0.2) is 9.18 Å². The predicted octanol–water partition coefficient (Wildman–Crippen LogP) is 0.567. The summed E-state index contributed by atoms with van der Waals surface area (Å²) >= 11 is 0. The summed E-state index contributed by atoms with van der Waals surface area (Å²) in [6.07, 6.45) is 0.469. The largest absolute Gasteiger partial charge is 0.480 e. The van der Waals surface area contributed by atoms with Crippen LogP contribution in [0.1, 0.15) is 5.56 Å². The normalized spacial score (nSPS) is 11.8. The molecule has 2 N–H and O–H groups in total. The lowest BCUT2D eigenvalue weighted by Gasteiger charge is -2.10. The van der Waals surface area contributed by atoms with Crippen molar-refractivity contribution in [3.8, 4) is 0 Å². The first kappa shape index (κ1) is 11.2. The van der Waals surface area contributed by atoms with Crippen LogP contribution in [0.4, 0.5) is 4.39 Å². The summed E-state index contributed by atoms with van der Waals surface area (Å²) in [7, 11) is 0. The SMILES string of the molecule is O=CNC(Cc1ccc(F)cc1)C(=O)O. The van der Waals surface area contributed by atoms with Crippen molar-refractivity contribution in [2.75, 3.05) is 0 Å². The van der Waals surface area contributed by atoms with Crippen molar-refractivity contribution < 1.29 is 19.1 Å². The molecule has 0 aliphatic carbocycles. The lowest BCUT2D eigenvalue weighted by atomic mass is 10.1. The van der Waals surface area contributed by atoms with Crippen LogP contribution in [0.25, 0.3) is 0 Å². The van der Waals surface area contributed by atoms with Gasteiger partial charge in [0.05, 0.1) is 0 Å². The summed E-state index contributed by atoms with van der Waals surface area (Å²) in [5.74, 6) is -1.50. The van der Waals surface area contributed by atoms with Crippen LogP contribution >= 0.6 is 0 Å². The minimum absolute atomic E-state index is 0.133. The minimum atomic E-state index is -1.12. The number of benzene rings is 1. The number of nitrogens with one attached hydrogen (secondary N) is 1. The Balaban J connectivity index is 2.69. The van der Waals surface area contributed by atoms with Gasteiger partial charge in [-0.15, -0.1) is 0 Å². The molecule has 1 aromatic rings. The van der Waals surface area contributed by atoms with E-state index in [1.165, 1.54) is 24.3 Å². The minimum Gasteiger partial charge on any atom is -0.480 e. The topological polar surface area (TPSA) is 66.4 Å². The number of aliphatic carboxylic acids is 1. The fourth-order valence-corrected chi connectivity index (χ4v) is 1.16. The van der Waals surface area contributed by atoms with E-state index in [-0.39, 0.29) is 12.2 Å². The van der Waals surface area contributed by atoms with E-state index in [2.05, 4.69) is 5.32 Å². The average Bonchev–Trinajstić information content (AvgIpc) is 2.20. The molecule has 4 nitrogen and oxygen atoms in total. The third-order valence-electron chi connectivity index (χ3n) is 1.92. The Morgan fingerprint density at radius 3 is 2.53 bits per heavy atom. The number of rotatable bonds is 5. The van der Waals surface area contributed by atoms with Crippen molar-refractivity contribution in [1.29, 1.82) is 0 Å². The van der Waals surface area contributed by atoms with Gasteiger partial charge in [-0.2, -0.15) is 0 Å². The molecule has 80 valence electrons. The van der Waals surface area contributed by atoms with Gasteiger partial charge in [-0.05, 0) is 17.7 Å². The highest BCUT2D eigenvalue weighted by molar-refractivity contribution is 5.76. The average molecular weight is 211 g/mol. The zero-order valence-electron chi connectivity index (χ0n) is 7.81. The molecule has 15 heavy (non-hydrogen) atoms. The highest BCUT2D eigenvalue weighted by Crippen LogP contribution is 2.05. The van der Waals surface area contributed by atoms with E-state index in [0.29, 0.717) is 12.0 Å². The monoisotopic (exact) mass is 211 g/mol. The van der Waals surface area contributed by atoms with Crippen LogP contribution in [0.2, 0.25) is 0 Å². The van der Waals surface area contributed by atoms with Gasteiger partial charge in [0.1, 0.15) is 11.9 Å². The number of carboxylic acid groups (broad SMARTS) is 1. The van der Waals surface area contributed by atoms with E-state index in [0.717, 1.165) is 0 Å². The highest BCUT2D eigenvalue weighted by Gasteiger charge is 2.16. The van der Waals surface area contributed by atoms with E-state index in [1.54, 1.807) is 0 Å². The van der Waals surface area contributed by atoms with Crippen LogP contribution in [0.3, 0.4) is 0 Å². The number of hydrogen-bond donors (Lipinski definition) is 2. The van der Waals surface area contributed by atoms with Crippen molar-refractivity contribution in [2.45, 2.75) is 12.5 Å². The molecule has 0 aromatic heterocycles. The maximum atomic E-state index is 12.5. The van der Waals surface area contributed by atoms with Crippen molar-refractivity contribution in [1.82, 2.24) is 5.32 Å². The molecule has 0 aliphatic rings. The van der Waals surface area contributed by atoms with Gasteiger partial charge in [-0.3, -0.25) is 4.79 Å². The molecule has 0 saturated carbocycles. The van der Waals surface area contributed by atoms with E-state index in [1.807, 2.05) is 0 Å². The lowest BCUT2D eigenvalue weighted by molar-refractivity contribution is -0.140. The number of carbonyl (C=O) groups excluding carboxylic acids is 1. The number of hydrogen-bond acceptors (Lipinski definition) is 2. The zero-order valence-corrected chi connectivity index (χ0v) is 7.81. The summed E-state index contributed by atoms with van der Waals surface area (Å²) in [6, 6.07) is 4.48. The van der Waals surface area contributed by atoms with Crippen molar-refractivity contribution in [3.05, 3.63) is 35.6 Å². The fourth-order valence-electron chi connectivity index (χ4n) is 1.16. The van der Waals surface area contributed by atoms with E-state index in [9.17, 15) is 14.0 Å². The molecule has 1 amide bonds. The Labute approximate surface area is 85.7 Å². The van der Waals surface area contributed by atoms with Gasteiger partial charge in [-0.1, -0.05) is 12.1 Å². The van der Waals surface area contributed by atoms with E-state index in [4.69, 9.17) is 5.11 Å². The smallest absolute Gasteiger partial charge is 0.326 e. The Kier molecular flexibility index (Phi) is 3.79. The van der Waals surface area contributed by atoms with Gasteiger partial charge in [0.2, 0.25) is 6.41 Å². The first-order valence-electron chi connectivity index (χ1n) is 4.30. The number of halogens is 1. The molecule has 0 aliphatic heterocycles. The molecule has 1 rings (SSSR count).